The molecule has 0 saturated carbocycles. The standard InChI is InChI=1S/C18H29N5O3S/c1-19-9-10-23(2)14-16-13-20-21-18(16)15-5-7-17(8-6-15)22-27(24,25)12-4-11-26-3/h5-8,13,19,22H,4,9-12,14H2,1-3H3,(H,20,21). The van der Waals surface area contributed by atoms with Crippen LogP contribution in [-0.2, 0) is 21.3 Å². The number of aromatic amines is 1. The molecule has 2 rings (SSSR count). The monoisotopic (exact) mass is 395 g/mol. The predicted molar refractivity (Wildman–Crippen MR) is 108 cm³/mol. The molecule has 8 nitrogen and oxygen atoms in total. The summed E-state index contributed by atoms with van der Waals surface area (Å²) < 4.78 is 31.6. The topological polar surface area (TPSA) is 99.4 Å². The summed E-state index contributed by atoms with van der Waals surface area (Å²) in [4.78, 5) is 2.22. The number of sulfonamides is 1. The van der Waals surface area contributed by atoms with Crippen LogP contribution >= 0.6 is 0 Å². The maximum atomic E-state index is 12.1. The average molecular weight is 396 g/mol. The van der Waals surface area contributed by atoms with Crippen molar-refractivity contribution in [2.24, 2.45) is 0 Å². The van der Waals surface area contributed by atoms with Crippen LogP contribution in [0, 0.1) is 0 Å². The number of aromatic nitrogens is 2. The van der Waals surface area contributed by atoms with E-state index in [4.69, 9.17) is 4.74 Å². The molecule has 0 fully saturated rings. The van der Waals surface area contributed by atoms with Gasteiger partial charge in [0.2, 0.25) is 10.0 Å². The lowest BCUT2D eigenvalue weighted by atomic mass is 10.1. The lowest BCUT2D eigenvalue weighted by Crippen LogP contribution is -2.26. The van der Waals surface area contributed by atoms with E-state index in [-0.39, 0.29) is 5.75 Å². The maximum absolute atomic E-state index is 12.1. The van der Waals surface area contributed by atoms with Crippen LogP contribution in [0.4, 0.5) is 5.69 Å². The molecule has 27 heavy (non-hydrogen) atoms. The van der Waals surface area contributed by atoms with Crippen molar-refractivity contribution in [2.75, 3.05) is 51.4 Å². The molecule has 2 aromatic rings. The van der Waals surface area contributed by atoms with E-state index in [0.29, 0.717) is 18.7 Å². The van der Waals surface area contributed by atoms with Crippen LogP contribution in [0.3, 0.4) is 0 Å². The van der Waals surface area contributed by atoms with Crippen molar-refractivity contribution in [1.82, 2.24) is 20.4 Å². The fourth-order valence-electron chi connectivity index (χ4n) is 2.68. The molecule has 0 bridgehead atoms. The number of benzene rings is 1. The zero-order valence-corrected chi connectivity index (χ0v) is 17.0. The third kappa shape index (κ3) is 6.94. The Labute approximate surface area is 161 Å². The number of methoxy groups -OCH3 is 1. The second kappa shape index (κ2) is 10.4. The van der Waals surface area contributed by atoms with Crippen LogP contribution in [0.15, 0.2) is 30.5 Å². The highest BCUT2D eigenvalue weighted by Gasteiger charge is 2.12. The van der Waals surface area contributed by atoms with Crippen LogP contribution in [0.1, 0.15) is 12.0 Å². The number of likely N-dealkylation sites (N-methyl/N-ethyl adjacent to an activating group) is 2. The lowest BCUT2D eigenvalue weighted by Gasteiger charge is -2.16. The van der Waals surface area contributed by atoms with Gasteiger partial charge in [-0.05, 0) is 32.6 Å². The van der Waals surface area contributed by atoms with Gasteiger partial charge in [0.15, 0.2) is 0 Å². The first-order valence-corrected chi connectivity index (χ1v) is 10.6. The maximum Gasteiger partial charge on any atom is 0.232 e. The molecule has 9 heteroatoms. The van der Waals surface area contributed by atoms with Crippen LogP contribution < -0.4 is 10.0 Å². The zero-order valence-electron chi connectivity index (χ0n) is 16.2. The summed E-state index contributed by atoms with van der Waals surface area (Å²) >= 11 is 0. The molecule has 1 aromatic heterocycles. The molecule has 0 saturated heterocycles. The number of hydrogen-bond donors (Lipinski definition) is 3. The Hall–Kier alpha value is -1.94. The number of H-pyrrole nitrogens is 1. The van der Waals surface area contributed by atoms with Crippen molar-refractivity contribution >= 4 is 15.7 Å². The zero-order chi connectivity index (χ0) is 19.7. The molecule has 0 aliphatic rings. The molecular formula is C18H29N5O3S. The van der Waals surface area contributed by atoms with Gasteiger partial charge in [-0.3, -0.25) is 9.82 Å². The van der Waals surface area contributed by atoms with Crippen molar-refractivity contribution in [3.05, 3.63) is 36.0 Å². The average Bonchev–Trinajstić information content (AvgIpc) is 3.08. The van der Waals surface area contributed by atoms with E-state index in [2.05, 4.69) is 32.2 Å². The summed E-state index contributed by atoms with van der Waals surface area (Å²) in [7, 11) is 2.19. The highest BCUT2D eigenvalue weighted by Crippen LogP contribution is 2.24. The van der Waals surface area contributed by atoms with Crippen LogP contribution in [0.5, 0.6) is 0 Å². The first kappa shape index (κ1) is 21.4. The van der Waals surface area contributed by atoms with E-state index >= 15 is 0 Å². The smallest absolute Gasteiger partial charge is 0.232 e. The first-order chi connectivity index (χ1) is 12.9. The molecule has 0 unspecified atom stereocenters. The van der Waals surface area contributed by atoms with E-state index in [1.165, 1.54) is 0 Å². The van der Waals surface area contributed by atoms with E-state index in [0.717, 1.165) is 36.5 Å². The second-order valence-corrected chi connectivity index (χ2v) is 8.30. The molecular weight excluding hydrogens is 366 g/mol. The van der Waals surface area contributed by atoms with Crippen LogP contribution in [0.2, 0.25) is 0 Å². The molecule has 0 radical (unpaired) electrons. The fourth-order valence-corrected chi connectivity index (χ4v) is 3.78. The molecule has 0 amide bonds. The molecule has 3 N–H and O–H groups in total. The molecule has 0 aliphatic carbocycles. The lowest BCUT2D eigenvalue weighted by molar-refractivity contribution is 0.199. The molecule has 0 atom stereocenters. The van der Waals surface area contributed by atoms with Crippen molar-refractivity contribution in [3.63, 3.8) is 0 Å². The van der Waals surface area contributed by atoms with Gasteiger partial charge in [0, 0.05) is 50.2 Å². The van der Waals surface area contributed by atoms with Crippen molar-refractivity contribution in [3.8, 4) is 11.3 Å². The Morgan fingerprint density at radius 3 is 2.67 bits per heavy atom. The Kier molecular flexibility index (Phi) is 8.23. The number of nitrogens with one attached hydrogen (secondary N) is 3. The fraction of sp³-hybridized carbons (Fsp3) is 0.500. The minimum absolute atomic E-state index is 0.0340. The van der Waals surface area contributed by atoms with Gasteiger partial charge in [-0.15, -0.1) is 0 Å². The van der Waals surface area contributed by atoms with Gasteiger partial charge >= 0.3 is 0 Å². The normalized spacial score (nSPS) is 11.9. The predicted octanol–water partition coefficient (Wildman–Crippen LogP) is 1.51. The van der Waals surface area contributed by atoms with Crippen LogP contribution in [-0.4, -0.2) is 70.2 Å². The Balaban J connectivity index is 2.02. The van der Waals surface area contributed by atoms with Crippen molar-refractivity contribution < 1.29 is 13.2 Å². The minimum Gasteiger partial charge on any atom is -0.385 e. The van der Waals surface area contributed by atoms with Crippen molar-refractivity contribution in [2.45, 2.75) is 13.0 Å². The summed E-state index contributed by atoms with van der Waals surface area (Å²) in [6.07, 6.45) is 2.29. The molecule has 0 aliphatic heterocycles. The third-order valence-corrected chi connectivity index (χ3v) is 5.48. The van der Waals surface area contributed by atoms with Gasteiger partial charge < -0.3 is 15.0 Å². The van der Waals surface area contributed by atoms with Gasteiger partial charge in [-0.25, -0.2) is 8.42 Å². The Morgan fingerprint density at radius 1 is 1.26 bits per heavy atom. The molecule has 1 aromatic carbocycles. The van der Waals surface area contributed by atoms with Gasteiger partial charge in [-0.1, -0.05) is 12.1 Å². The number of hydrogen-bond acceptors (Lipinski definition) is 6. The molecule has 1 heterocycles. The van der Waals surface area contributed by atoms with E-state index in [1.54, 1.807) is 19.2 Å². The van der Waals surface area contributed by atoms with E-state index in [1.807, 2.05) is 25.4 Å². The number of anilines is 1. The summed E-state index contributed by atoms with van der Waals surface area (Å²) in [5.41, 5.74) is 3.55. The van der Waals surface area contributed by atoms with Gasteiger partial charge in [0.25, 0.3) is 0 Å². The number of nitrogens with zero attached hydrogens (tertiary/aromatic N) is 2. The molecule has 0 spiro atoms. The van der Waals surface area contributed by atoms with Gasteiger partial charge in [0.05, 0.1) is 17.6 Å². The first-order valence-electron chi connectivity index (χ1n) is 8.90. The summed E-state index contributed by atoms with van der Waals surface area (Å²) in [5, 5.41) is 10.3. The van der Waals surface area contributed by atoms with E-state index in [9.17, 15) is 8.42 Å². The van der Waals surface area contributed by atoms with Gasteiger partial charge in [-0.2, -0.15) is 5.10 Å². The largest absolute Gasteiger partial charge is 0.385 e. The summed E-state index contributed by atoms with van der Waals surface area (Å²) in [5.74, 6) is 0.0340. The highest BCUT2D eigenvalue weighted by molar-refractivity contribution is 7.92. The molecule has 150 valence electrons. The highest BCUT2D eigenvalue weighted by atomic mass is 32.2. The second-order valence-electron chi connectivity index (χ2n) is 6.46. The number of ether oxygens (including phenoxy) is 1. The quantitative estimate of drug-likeness (QED) is 0.471. The van der Waals surface area contributed by atoms with Gasteiger partial charge in [0.1, 0.15) is 0 Å². The van der Waals surface area contributed by atoms with E-state index < -0.39 is 10.0 Å². The summed E-state index contributed by atoms with van der Waals surface area (Å²) in [6, 6.07) is 7.30. The third-order valence-electron chi connectivity index (χ3n) is 4.11. The van der Waals surface area contributed by atoms with Crippen LogP contribution in [0.25, 0.3) is 11.3 Å². The number of rotatable bonds is 12. The Morgan fingerprint density at radius 2 is 2.00 bits per heavy atom. The van der Waals surface area contributed by atoms with Crippen molar-refractivity contribution in [1.29, 1.82) is 0 Å². The summed E-state index contributed by atoms with van der Waals surface area (Å²) in [6.45, 7) is 3.06. The SMILES string of the molecule is CNCCN(C)Cc1cn[nH]c1-c1ccc(NS(=O)(=O)CCCOC)cc1. The Bertz CT molecular complexity index is 790. The minimum atomic E-state index is -3.37.